The predicted octanol–water partition coefficient (Wildman–Crippen LogP) is 1.70. The van der Waals surface area contributed by atoms with Crippen molar-refractivity contribution < 1.29 is 9.53 Å². The van der Waals surface area contributed by atoms with Gasteiger partial charge in [-0.15, -0.1) is 5.10 Å². The summed E-state index contributed by atoms with van der Waals surface area (Å²) in [4.78, 5) is 24.1. The number of pyridine rings is 1. The van der Waals surface area contributed by atoms with Gasteiger partial charge in [0.25, 0.3) is 0 Å². The minimum Gasteiger partial charge on any atom is -0.465 e. The second kappa shape index (κ2) is 6.57. The molecular formula is C17H18N4O3. The quantitative estimate of drug-likeness (QED) is 0.722. The molecule has 0 radical (unpaired) electrons. The summed E-state index contributed by atoms with van der Waals surface area (Å²) in [5.41, 5.74) is 2.43. The highest BCUT2D eigenvalue weighted by Crippen LogP contribution is 2.20. The molecule has 3 aromatic rings. The molecule has 1 N–H and O–H groups in total. The molecule has 0 spiro atoms. The van der Waals surface area contributed by atoms with Gasteiger partial charge in [-0.25, -0.2) is 14.3 Å². The van der Waals surface area contributed by atoms with Crippen molar-refractivity contribution in [1.82, 2.24) is 14.2 Å². The number of nitrogens with zero attached hydrogens (tertiary/aromatic N) is 3. The molecule has 2 aromatic heterocycles. The third kappa shape index (κ3) is 2.88. The third-order valence-corrected chi connectivity index (χ3v) is 3.79. The Balaban J connectivity index is 1.77. The van der Waals surface area contributed by atoms with Crippen molar-refractivity contribution >= 4 is 17.3 Å². The largest absolute Gasteiger partial charge is 0.465 e. The zero-order valence-corrected chi connectivity index (χ0v) is 13.5. The number of rotatable bonds is 5. The molecule has 0 fully saturated rings. The Bertz CT molecular complexity index is 942. The Morgan fingerprint density at radius 2 is 2.08 bits per heavy atom. The molecule has 0 unspecified atom stereocenters. The number of aryl methyl sites for hydroxylation is 1. The third-order valence-electron chi connectivity index (χ3n) is 3.79. The SMILES string of the molecule is COC(=O)c1c(C)cccc1NCCn1nc2ccccn2c1=O. The van der Waals surface area contributed by atoms with Gasteiger partial charge in [0, 0.05) is 18.4 Å². The summed E-state index contributed by atoms with van der Waals surface area (Å²) in [6.07, 6.45) is 1.69. The summed E-state index contributed by atoms with van der Waals surface area (Å²) in [6.45, 7) is 2.69. The van der Waals surface area contributed by atoms with Gasteiger partial charge >= 0.3 is 11.7 Å². The first-order valence-electron chi connectivity index (χ1n) is 7.58. The molecule has 7 nitrogen and oxygen atoms in total. The van der Waals surface area contributed by atoms with Crippen LogP contribution in [-0.2, 0) is 11.3 Å². The van der Waals surface area contributed by atoms with E-state index < -0.39 is 0 Å². The lowest BCUT2D eigenvalue weighted by atomic mass is 10.1. The first-order valence-corrected chi connectivity index (χ1v) is 7.58. The van der Waals surface area contributed by atoms with Crippen LogP contribution in [0.1, 0.15) is 15.9 Å². The van der Waals surface area contributed by atoms with Crippen LogP contribution in [0, 0.1) is 6.92 Å². The van der Waals surface area contributed by atoms with Crippen LogP contribution in [-0.4, -0.2) is 33.8 Å². The number of fused-ring (bicyclic) bond motifs is 1. The highest BCUT2D eigenvalue weighted by Gasteiger charge is 2.14. The molecule has 0 amide bonds. The van der Waals surface area contributed by atoms with Crippen LogP contribution in [0.4, 0.5) is 5.69 Å². The van der Waals surface area contributed by atoms with Crippen LogP contribution in [0.25, 0.3) is 5.65 Å². The van der Waals surface area contributed by atoms with E-state index in [1.807, 2.05) is 31.2 Å². The molecule has 0 atom stereocenters. The smallest absolute Gasteiger partial charge is 0.350 e. The summed E-state index contributed by atoms with van der Waals surface area (Å²) in [7, 11) is 1.36. The fourth-order valence-electron chi connectivity index (χ4n) is 2.60. The lowest BCUT2D eigenvalue weighted by Crippen LogP contribution is -2.25. The normalized spacial score (nSPS) is 10.8. The standard InChI is InChI=1S/C17H18N4O3/c1-12-6-5-7-13(15(12)16(22)24-2)18-9-11-21-17(23)20-10-4-3-8-14(20)19-21/h3-8,10,18H,9,11H2,1-2H3. The van der Waals surface area contributed by atoms with Crippen LogP contribution >= 0.6 is 0 Å². The summed E-state index contributed by atoms with van der Waals surface area (Å²) < 4.78 is 7.72. The van der Waals surface area contributed by atoms with Crippen LogP contribution in [0.2, 0.25) is 0 Å². The van der Waals surface area contributed by atoms with Crippen molar-refractivity contribution in [2.45, 2.75) is 13.5 Å². The number of benzene rings is 1. The van der Waals surface area contributed by atoms with Gasteiger partial charge in [-0.3, -0.25) is 4.40 Å². The van der Waals surface area contributed by atoms with Crippen LogP contribution in [0.5, 0.6) is 0 Å². The van der Waals surface area contributed by atoms with Gasteiger partial charge < -0.3 is 10.1 Å². The highest BCUT2D eigenvalue weighted by atomic mass is 16.5. The number of aromatic nitrogens is 3. The molecule has 1 aromatic carbocycles. The van der Waals surface area contributed by atoms with E-state index in [1.165, 1.54) is 16.2 Å². The second-order valence-corrected chi connectivity index (χ2v) is 5.35. The number of ether oxygens (including phenoxy) is 1. The number of carbonyl (C=O) groups excluding carboxylic acids is 1. The lowest BCUT2D eigenvalue weighted by Gasteiger charge is -2.12. The van der Waals surface area contributed by atoms with E-state index in [2.05, 4.69) is 10.4 Å². The molecule has 7 heteroatoms. The van der Waals surface area contributed by atoms with Gasteiger partial charge in [-0.2, -0.15) is 0 Å². The van der Waals surface area contributed by atoms with Crippen molar-refractivity contribution in [1.29, 1.82) is 0 Å². The maximum absolute atomic E-state index is 12.2. The fraction of sp³-hybridized carbons (Fsp3) is 0.235. The van der Waals surface area contributed by atoms with Gasteiger partial charge in [0.05, 0.1) is 19.2 Å². The minimum absolute atomic E-state index is 0.190. The van der Waals surface area contributed by atoms with E-state index in [1.54, 1.807) is 18.3 Å². The number of methoxy groups -OCH3 is 1. The van der Waals surface area contributed by atoms with Gasteiger partial charge in [0.1, 0.15) is 0 Å². The van der Waals surface area contributed by atoms with E-state index in [9.17, 15) is 9.59 Å². The highest BCUT2D eigenvalue weighted by molar-refractivity contribution is 5.97. The van der Waals surface area contributed by atoms with Crippen molar-refractivity contribution in [3.63, 3.8) is 0 Å². The molecule has 0 saturated carbocycles. The number of esters is 1. The molecular weight excluding hydrogens is 308 g/mol. The molecule has 0 aliphatic carbocycles. The average Bonchev–Trinajstić information content (AvgIpc) is 2.91. The summed E-state index contributed by atoms with van der Waals surface area (Å²) in [6, 6.07) is 10.9. The van der Waals surface area contributed by atoms with E-state index in [0.717, 1.165) is 5.56 Å². The van der Waals surface area contributed by atoms with Gasteiger partial charge in [0.2, 0.25) is 0 Å². The van der Waals surface area contributed by atoms with E-state index in [4.69, 9.17) is 4.74 Å². The Labute approximate surface area is 138 Å². The minimum atomic E-state index is -0.388. The average molecular weight is 326 g/mol. The second-order valence-electron chi connectivity index (χ2n) is 5.35. The molecule has 0 bridgehead atoms. The molecule has 24 heavy (non-hydrogen) atoms. The number of anilines is 1. The van der Waals surface area contributed by atoms with Gasteiger partial charge in [-0.05, 0) is 30.7 Å². The maximum Gasteiger partial charge on any atom is 0.350 e. The first kappa shape index (κ1) is 15.8. The van der Waals surface area contributed by atoms with Crippen LogP contribution in [0.15, 0.2) is 47.4 Å². The van der Waals surface area contributed by atoms with Crippen molar-refractivity contribution in [3.05, 3.63) is 64.2 Å². The first-order chi connectivity index (χ1) is 11.6. The maximum atomic E-state index is 12.2. The molecule has 124 valence electrons. The molecule has 2 heterocycles. The zero-order chi connectivity index (χ0) is 17.1. The topological polar surface area (TPSA) is 77.6 Å². The van der Waals surface area contributed by atoms with Gasteiger partial charge in [-0.1, -0.05) is 18.2 Å². The molecule has 0 aliphatic heterocycles. The molecule has 3 rings (SSSR count). The lowest BCUT2D eigenvalue weighted by molar-refractivity contribution is 0.0601. The summed E-state index contributed by atoms with van der Waals surface area (Å²) in [5.74, 6) is -0.388. The number of hydrogen-bond acceptors (Lipinski definition) is 5. The van der Waals surface area contributed by atoms with Crippen molar-refractivity contribution in [3.8, 4) is 0 Å². The van der Waals surface area contributed by atoms with Crippen molar-refractivity contribution in [2.24, 2.45) is 0 Å². The Hall–Kier alpha value is -3.09. The van der Waals surface area contributed by atoms with Crippen molar-refractivity contribution in [2.75, 3.05) is 19.0 Å². The summed E-state index contributed by atoms with van der Waals surface area (Å²) >= 11 is 0. The van der Waals surface area contributed by atoms with Crippen LogP contribution in [0.3, 0.4) is 0 Å². The molecule has 0 saturated heterocycles. The van der Waals surface area contributed by atoms with E-state index in [-0.39, 0.29) is 11.7 Å². The number of carbonyl (C=O) groups is 1. The molecule has 0 aliphatic rings. The Kier molecular flexibility index (Phi) is 4.33. The Morgan fingerprint density at radius 1 is 1.25 bits per heavy atom. The predicted molar refractivity (Wildman–Crippen MR) is 90.5 cm³/mol. The van der Waals surface area contributed by atoms with E-state index in [0.29, 0.717) is 30.0 Å². The fourth-order valence-corrected chi connectivity index (χ4v) is 2.60. The summed E-state index contributed by atoms with van der Waals surface area (Å²) in [5, 5.41) is 7.45. The Morgan fingerprint density at radius 3 is 2.83 bits per heavy atom. The zero-order valence-electron chi connectivity index (χ0n) is 13.5. The monoisotopic (exact) mass is 326 g/mol. The van der Waals surface area contributed by atoms with E-state index >= 15 is 0 Å². The number of hydrogen-bond donors (Lipinski definition) is 1. The van der Waals surface area contributed by atoms with Crippen LogP contribution < -0.4 is 11.0 Å². The number of nitrogens with one attached hydrogen (secondary N) is 1. The van der Waals surface area contributed by atoms with Gasteiger partial charge in [0.15, 0.2) is 5.65 Å².